The molecular weight excluding hydrogens is 112 g/mol. The minimum Gasteiger partial charge on any atom is -0.389 e. The number of rotatable bonds is 2. The molecule has 0 amide bonds. The van der Waals surface area contributed by atoms with Crippen LogP contribution in [0.4, 0.5) is 0 Å². The van der Waals surface area contributed by atoms with Crippen molar-refractivity contribution < 1.29 is 5.11 Å². The van der Waals surface area contributed by atoms with Crippen molar-refractivity contribution in [2.45, 2.75) is 33.8 Å². The maximum Gasteiger partial charge on any atom is 0.0770 e. The van der Waals surface area contributed by atoms with Crippen LogP contribution in [0.2, 0.25) is 0 Å². The van der Waals surface area contributed by atoms with Gasteiger partial charge in [-0.2, -0.15) is 0 Å². The predicted octanol–water partition coefficient (Wildman–Crippen LogP) is 1.97. The lowest BCUT2D eigenvalue weighted by Gasteiger charge is -2.13. The maximum atomic E-state index is 9.33. The molecule has 0 fully saturated rings. The van der Waals surface area contributed by atoms with Gasteiger partial charge in [0.25, 0.3) is 0 Å². The molecule has 0 heterocycles. The van der Waals surface area contributed by atoms with Gasteiger partial charge >= 0.3 is 0 Å². The second-order valence-corrected chi connectivity index (χ2v) is 2.72. The third kappa shape index (κ3) is 2.66. The van der Waals surface area contributed by atoms with E-state index in [1.165, 1.54) is 0 Å². The Morgan fingerprint density at radius 3 is 2.00 bits per heavy atom. The van der Waals surface area contributed by atoms with Gasteiger partial charge in [0, 0.05) is 0 Å². The summed E-state index contributed by atoms with van der Waals surface area (Å²) in [6, 6.07) is 0. The lowest BCUT2D eigenvalue weighted by atomic mass is 10.0. The smallest absolute Gasteiger partial charge is 0.0770 e. The molecule has 0 aliphatic rings. The van der Waals surface area contributed by atoms with Crippen LogP contribution in [-0.4, -0.2) is 11.2 Å². The standard InChI is InChI=1S/C8H16O/c1-5-7(4)8(9)6(2)3/h5-6,8-9H,1-4H3/b7-5+/t8-/m1/s1. The first-order valence-corrected chi connectivity index (χ1v) is 3.40. The molecule has 9 heavy (non-hydrogen) atoms. The van der Waals surface area contributed by atoms with Crippen LogP contribution in [0.25, 0.3) is 0 Å². The average Bonchev–Trinajstić information content (AvgIpc) is 1.84. The summed E-state index contributed by atoms with van der Waals surface area (Å²) in [7, 11) is 0. The van der Waals surface area contributed by atoms with E-state index in [1.54, 1.807) is 0 Å². The van der Waals surface area contributed by atoms with E-state index in [1.807, 2.05) is 33.8 Å². The van der Waals surface area contributed by atoms with Crippen molar-refractivity contribution >= 4 is 0 Å². The van der Waals surface area contributed by atoms with Crippen molar-refractivity contribution in [2.24, 2.45) is 5.92 Å². The van der Waals surface area contributed by atoms with Crippen molar-refractivity contribution in [2.75, 3.05) is 0 Å². The highest BCUT2D eigenvalue weighted by Gasteiger charge is 2.08. The second kappa shape index (κ2) is 3.67. The van der Waals surface area contributed by atoms with Crippen LogP contribution in [0, 0.1) is 5.92 Å². The van der Waals surface area contributed by atoms with Gasteiger partial charge in [-0.3, -0.25) is 0 Å². The number of allylic oxidation sites excluding steroid dienone is 1. The molecule has 0 aliphatic heterocycles. The van der Waals surface area contributed by atoms with E-state index >= 15 is 0 Å². The fraction of sp³-hybridized carbons (Fsp3) is 0.750. The molecule has 0 spiro atoms. The monoisotopic (exact) mass is 128 g/mol. The van der Waals surface area contributed by atoms with Gasteiger partial charge in [0.05, 0.1) is 6.10 Å². The molecule has 0 saturated heterocycles. The van der Waals surface area contributed by atoms with Crippen LogP contribution < -0.4 is 0 Å². The lowest BCUT2D eigenvalue weighted by molar-refractivity contribution is 0.160. The molecule has 1 N–H and O–H groups in total. The third-order valence-corrected chi connectivity index (χ3v) is 1.55. The van der Waals surface area contributed by atoms with Crippen molar-refractivity contribution in [3.8, 4) is 0 Å². The van der Waals surface area contributed by atoms with Crippen LogP contribution in [0.3, 0.4) is 0 Å². The number of aliphatic hydroxyl groups is 1. The fourth-order valence-corrected chi connectivity index (χ4v) is 0.697. The van der Waals surface area contributed by atoms with Gasteiger partial charge in [0.1, 0.15) is 0 Å². The van der Waals surface area contributed by atoms with Gasteiger partial charge in [-0.1, -0.05) is 19.9 Å². The Morgan fingerprint density at radius 1 is 1.44 bits per heavy atom. The Labute approximate surface area is 57.4 Å². The Bertz CT molecular complexity index is 103. The normalized spacial score (nSPS) is 16.4. The van der Waals surface area contributed by atoms with Crippen LogP contribution >= 0.6 is 0 Å². The van der Waals surface area contributed by atoms with E-state index in [4.69, 9.17) is 0 Å². The van der Waals surface area contributed by atoms with E-state index < -0.39 is 0 Å². The summed E-state index contributed by atoms with van der Waals surface area (Å²) in [5, 5.41) is 9.33. The maximum absolute atomic E-state index is 9.33. The van der Waals surface area contributed by atoms with Gasteiger partial charge in [0.2, 0.25) is 0 Å². The molecule has 0 aromatic carbocycles. The van der Waals surface area contributed by atoms with E-state index in [2.05, 4.69) is 0 Å². The first-order valence-electron chi connectivity index (χ1n) is 3.40. The first-order chi connectivity index (χ1) is 4.09. The first kappa shape index (κ1) is 8.70. The molecule has 0 unspecified atom stereocenters. The molecule has 54 valence electrons. The zero-order valence-electron chi connectivity index (χ0n) is 6.68. The lowest BCUT2D eigenvalue weighted by Crippen LogP contribution is -2.15. The molecule has 1 nitrogen and oxygen atoms in total. The van der Waals surface area contributed by atoms with Gasteiger partial charge in [0.15, 0.2) is 0 Å². The van der Waals surface area contributed by atoms with E-state index in [9.17, 15) is 5.11 Å². The Kier molecular flexibility index (Phi) is 3.55. The molecule has 1 heteroatoms. The average molecular weight is 128 g/mol. The fourth-order valence-electron chi connectivity index (χ4n) is 0.697. The van der Waals surface area contributed by atoms with E-state index in [0.717, 1.165) is 5.57 Å². The van der Waals surface area contributed by atoms with Crippen LogP contribution in [0.15, 0.2) is 11.6 Å². The minimum absolute atomic E-state index is 0.255. The third-order valence-electron chi connectivity index (χ3n) is 1.55. The van der Waals surface area contributed by atoms with Gasteiger partial charge in [-0.15, -0.1) is 0 Å². The number of hydrogen-bond donors (Lipinski definition) is 1. The Morgan fingerprint density at radius 2 is 1.89 bits per heavy atom. The largest absolute Gasteiger partial charge is 0.389 e. The number of aliphatic hydroxyl groups excluding tert-OH is 1. The summed E-state index contributed by atoms with van der Waals surface area (Å²) >= 11 is 0. The van der Waals surface area contributed by atoms with Crippen molar-refractivity contribution in [1.29, 1.82) is 0 Å². The van der Waals surface area contributed by atoms with Gasteiger partial charge < -0.3 is 5.11 Å². The molecule has 0 bridgehead atoms. The molecule has 0 aromatic rings. The van der Waals surface area contributed by atoms with Gasteiger partial charge in [-0.05, 0) is 25.3 Å². The SMILES string of the molecule is C/C=C(\C)[C@H](O)C(C)C. The molecule has 0 saturated carbocycles. The topological polar surface area (TPSA) is 20.2 Å². The van der Waals surface area contributed by atoms with Crippen molar-refractivity contribution in [1.82, 2.24) is 0 Å². The molecule has 0 aliphatic carbocycles. The van der Waals surface area contributed by atoms with Crippen LogP contribution in [0.5, 0.6) is 0 Å². The molecule has 1 atom stereocenters. The zero-order valence-corrected chi connectivity index (χ0v) is 6.68. The highest BCUT2D eigenvalue weighted by Crippen LogP contribution is 2.09. The van der Waals surface area contributed by atoms with Crippen molar-refractivity contribution in [3.63, 3.8) is 0 Å². The summed E-state index contributed by atoms with van der Waals surface area (Å²) in [4.78, 5) is 0. The molecule has 0 aromatic heterocycles. The molecule has 0 radical (unpaired) electrons. The molecule has 0 rings (SSSR count). The Hall–Kier alpha value is -0.300. The second-order valence-electron chi connectivity index (χ2n) is 2.72. The molecular formula is C8H16O. The van der Waals surface area contributed by atoms with Crippen LogP contribution in [-0.2, 0) is 0 Å². The number of hydrogen-bond acceptors (Lipinski definition) is 1. The van der Waals surface area contributed by atoms with E-state index in [0.29, 0.717) is 5.92 Å². The zero-order chi connectivity index (χ0) is 7.44. The summed E-state index contributed by atoms with van der Waals surface area (Å²) in [6.45, 7) is 7.92. The quantitative estimate of drug-likeness (QED) is 0.564. The summed E-state index contributed by atoms with van der Waals surface area (Å²) < 4.78 is 0. The highest BCUT2D eigenvalue weighted by molar-refractivity contribution is 5.03. The van der Waals surface area contributed by atoms with E-state index in [-0.39, 0.29) is 6.10 Å². The summed E-state index contributed by atoms with van der Waals surface area (Å²) in [6.07, 6.45) is 1.69. The predicted molar refractivity (Wildman–Crippen MR) is 40.3 cm³/mol. The minimum atomic E-state index is -0.255. The Balaban J connectivity index is 3.88. The van der Waals surface area contributed by atoms with Crippen molar-refractivity contribution in [3.05, 3.63) is 11.6 Å². The van der Waals surface area contributed by atoms with Crippen LogP contribution in [0.1, 0.15) is 27.7 Å². The van der Waals surface area contributed by atoms with Gasteiger partial charge in [-0.25, -0.2) is 0 Å². The summed E-state index contributed by atoms with van der Waals surface area (Å²) in [5.74, 6) is 0.334. The highest BCUT2D eigenvalue weighted by atomic mass is 16.3. The summed E-state index contributed by atoms with van der Waals surface area (Å²) in [5.41, 5.74) is 1.06.